The van der Waals surface area contributed by atoms with E-state index < -0.39 is 8.38 Å². The van der Waals surface area contributed by atoms with E-state index in [9.17, 15) is 4.39 Å². The summed E-state index contributed by atoms with van der Waals surface area (Å²) in [6.07, 6.45) is 0. The molecule has 1 aliphatic heterocycles. The minimum atomic E-state index is -1.00. The molecule has 0 radical (unpaired) electrons. The van der Waals surface area contributed by atoms with Gasteiger partial charge in [-0.3, -0.25) is 0 Å². The Bertz CT molecular complexity index is 327. The maximum atomic E-state index is 12.7. The van der Waals surface area contributed by atoms with Crippen LogP contribution in [0.15, 0.2) is 24.3 Å². The molecular formula is C11H14FO2P. The van der Waals surface area contributed by atoms with Crippen molar-refractivity contribution < 1.29 is 13.4 Å². The number of benzene rings is 1. The quantitative estimate of drug-likeness (QED) is 0.688. The van der Waals surface area contributed by atoms with Crippen LogP contribution in [0.4, 0.5) is 4.39 Å². The molecule has 1 fully saturated rings. The summed E-state index contributed by atoms with van der Waals surface area (Å²) < 4.78 is 24.0. The van der Waals surface area contributed by atoms with Crippen molar-refractivity contribution in [3.05, 3.63) is 30.1 Å². The molecule has 82 valence electrons. The molecule has 1 saturated heterocycles. The number of rotatable bonds is 1. The Labute approximate surface area is 90.3 Å². The van der Waals surface area contributed by atoms with Crippen molar-refractivity contribution in [2.75, 3.05) is 13.2 Å². The van der Waals surface area contributed by atoms with Gasteiger partial charge in [-0.25, -0.2) is 4.39 Å². The van der Waals surface area contributed by atoms with Crippen LogP contribution < -0.4 is 5.30 Å². The van der Waals surface area contributed by atoms with Crippen molar-refractivity contribution in [1.82, 2.24) is 0 Å². The van der Waals surface area contributed by atoms with Crippen LogP contribution >= 0.6 is 8.38 Å². The lowest BCUT2D eigenvalue weighted by Crippen LogP contribution is -2.30. The van der Waals surface area contributed by atoms with Gasteiger partial charge in [-0.05, 0) is 24.3 Å². The highest BCUT2D eigenvalue weighted by Crippen LogP contribution is 2.44. The molecule has 0 aromatic heterocycles. The summed E-state index contributed by atoms with van der Waals surface area (Å²) in [5, 5.41) is 0.932. The Morgan fingerprint density at radius 3 is 2.20 bits per heavy atom. The molecule has 2 rings (SSSR count). The standard InChI is InChI=1S/C11H14FO2P/c1-11(2)7-13-15(14-8-11)10-5-3-9(12)4-6-10/h3-6H,7-8H2,1-2H3. The van der Waals surface area contributed by atoms with Crippen LogP contribution in [-0.4, -0.2) is 13.2 Å². The molecule has 0 saturated carbocycles. The molecule has 0 unspecified atom stereocenters. The maximum Gasteiger partial charge on any atom is 0.205 e. The predicted molar refractivity (Wildman–Crippen MR) is 58.6 cm³/mol. The first kappa shape index (κ1) is 11.0. The van der Waals surface area contributed by atoms with Gasteiger partial charge < -0.3 is 9.05 Å². The molecule has 0 atom stereocenters. The minimum absolute atomic E-state index is 0.0822. The lowest BCUT2D eigenvalue weighted by molar-refractivity contribution is 0.0656. The first-order valence-corrected chi connectivity index (χ1v) is 6.06. The van der Waals surface area contributed by atoms with Crippen LogP contribution in [-0.2, 0) is 9.05 Å². The van der Waals surface area contributed by atoms with Gasteiger partial charge in [0.25, 0.3) is 0 Å². The fourth-order valence-corrected chi connectivity index (χ4v) is 2.96. The first-order valence-electron chi connectivity index (χ1n) is 4.88. The molecule has 0 amide bonds. The molecule has 0 bridgehead atoms. The second-order valence-corrected chi connectivity index (χ2v) is 5.99. The van der Waals surface area contributed by atoms with E-state index in [-0.39, 0.29) is 11.2 Å². The number of halogens is 1. The van der Waals surface area contributed by atoms with Crippen molar-refractivity contribution in [3.8, 4) is 0 Å². The summed E-state index contributed by atoms with van der Waals surface area (Å²) >= 11 is 0. The van der Waals surface area contributed by atoms with Gasteiger partial charge in [0.1, 0.15) is 5.82 Å². The van der Waals surface area contributed by atoms with Crippen molar-refractivity contribution in [2.24, 2.45) is 5.41 Å². The zero-order valence-corrected chi connectivity index (χ0v) is 9.76. The van der Waals surface area contributed by atoms with Crippen molar-refractivity contribution in [2.45, 2.75) is 13.8 Å². The molecule has 1 aromatic rings. The van der Waals surface area contributed by atoms with Crippen molar-refractivity contribution in [3.63, 3.8) is 0 Å². The molecular weight excluding hydrogens is 214 g/mol. The van der Waals surface area contributed by atoms with Crippen LogP contribution in [0.3, 0.4) is 0 Å². The fourth-order valence-electron chi connectivity index (χ4n) is 1.26. The largest absolute Gasteiger partial charge is 0.330 e. The van der Waals surface area contributed by atoms with Crippen LogP contribution in [0, 0.1) is 11.2 Å². The van der Waals surface area contributed by atoms with Gasteiger partial charge in [0.05, 0.1) is 13.2 Å². The van der Waals surface area contributed by atoms with E-state index in [0.717, 1.165) is 5.30 Å². The van der Waals surface area contributed by atoms with Crippen LogP contribution in [0.1, 0.15) is 13.8 Å². The van der Waals surface area contributed by atoms with Gasteiger partial charge >= 0.3 is 0 Å². The highest BCUT2D eigenvalue weighted by atomic mass is 31.2. The summed E-state index contributed by atoms with van der Waals surface area (Å²) in [5.41, 5.74) is 0.0822. The zero-order chi connectivity index (χ0) is 10.9. The van der Waals surface area contributed by atoms with Crippen molar-refractivity contribution >= 4 is 13.7 Å². The van der Waals surface area contributed by atoms with Crippen LogP contribution in [0.25, 0.3) is 0 Å². The SMILES string of the molecule is CC1(C)COP(c2ccc(F)cc2)OC1. The van der Waals surface area contributed by atoms with E-state index in [1.807, 2.05) is 0 Å². The monoisotopic (exact) mass is 228 g/mol. The summed E-state index contributed by atoms with van der Waals surface area (Å²) in [7, 11) is -1.00. The van der Waals surface area contributed by atoms with Gasteiger partial charge in [-0.2, -0.15) is 0 Å². The van der Waals surface area contributed by atoms with E-state index in [0.29, 0.717) is 13.2 Å². The molecule has 0 N–H and O–H groups in total. The summed E-state index contributed by atoms with van der Waals surface area (Å²) in [5.74, 6) is -0.230. The Balaban J connectivity index is 2.04. The van der Waals surface area contributed by atoms with E-state index in [2.05, 4.69) is 13.8 Å². The smallest absolute Gasteiger partial charge is 0.205 e. The number of hydrogen-bond donors (Lipinski definition) is 0. The second kappa shape index (κ2) is 4.17. The molecule has 1 heterocycles. The average molecular weight is 228 g/mol. The second-order valence-electron chi connectivity index (χ2n) is 4.44. The van der Waals surface area contributed by atoms with Crippen LogP contribution in [0.2, 0.25) is 0 Å². The third-order valence-electron chi connectivity index (χ3n) is 2.18. The van der Waals surface area contributed by atoms with Gasteiger partial charge in [0.2, 0.25) is 8.38 Å². The van der Waals surface area contributed by atoms with E-state index >= 15 is 0 Å². The summed E-state index contributed by atoms with van der Waals surface area (Å²) in [6.45, 7) is 5.58. The maximum absolute atomic E-state index is 12.7. The van der Waals surface area contributed by atoms with E-state index in [1.165, 1.54) is 12.1 Å². The Morgan fingerprint density at radius 2 is 1.67 bits per heavy atom. The molecule has 0 aliphatic carbocycles. The number of hydrogen-bond acceptors (Lipinski definition) is 2. The normalized spacial score (nSPS) is 21.5. The van der Waals surface area contributed by atoms with E-state index in [4.69, 9.17) is 9.05 Å². The molecule has 4 heteroatoms. The Kier molecular flexibility index (Phi) is 3.06. The average Bonchev–Trinajstić information content (AvgIpc) is 2.20. The Morgan fingerprint density at radius 1 is 1.13 bits per heavy atom. The molecule has 1 aromatic carbocycles. The zero-order valence-electron chi connectivity index (χ0n) is 8.87. The van der Waals surface area contributed by atoms with Gasteiger partial charge in [0, 0.05) is 10.7 Å². The molecule has 1 aliphatic rings. The molecule has 0 spiro atoms. The first-order chi connectivity index (χ1) is 7.07. The lowest BCUT2D eigenvalue weighted by Gasteiger charge is -2.33. The topological polar surface area (TPSA) is 18.5 Å². The minimum Gasteiger partial charge on any atom is -0.330 e. The fraction of sp³-hybridized carbons (Fsp3) is 0.455. The van der Waals surface area contributed by atoms with Crippen molar-refractivity contribution in [1.29, 1.82) is 0 Å². The van der Waals surface area contributed by atoms with Crippen LogP contribution in [0.5, 0.6) is 0 Å². The third kappa shape index (κ3) is 2.75. The lowest BCUT2D eigenvalue weighted by atomic mass is 9.97. The highest BCUT2D eigenvalue weighted by Gasteiger charge is 2.29. The summed E-state index contributed by atoms with van der Waals surface area (Å²) in [6, 6.07) is 6.31. The predicted octanol–water partition coefficient (Wildman–Crippen LogP) is 2.84. The summed E-state index contributed by atoms with van der Waals surface area (Å²) in [4.78, 5) is 0. The van der Waals surface area contributed by atoms with Gasteiger partial charge in [0.15, 0.2) is 0 Å². The molecule has 2 nitrogen and oxygen atoms in total. The molecule has 15 heavy (non-hydrogen) atoms. The Hall–Kier alpha value is -0.500. The van der Waals surface area contributed by atoms with Gasteiger partial charge in [-0.1, -0.05) is 13.8 Å². The highest BCUT2D eigenvalue weighted by molar-refractivity contribution is 7.56. The van der Waals surface area contributed by atoms with E-state index in [1.54, 1.807) is 12.1 Å². The van der Waals surface area contributed by atoms with Gasteiger partial charge in [-0.15, -0.1) is 0 Å². The third-order valence-corrected chi connectivity index (χ3v) is 3.63.